The summed E-state index contributed by atoms with van der Waals surface area (Å²) in [6.07, 6.45) is 4.88. The van der Waals surface area contributed by atoms with Crippen LogP contribution in [0.1, 0.15) is 65.1 Å². The Morgan fingerprint density at radius 3 is 2.72 bits per heavy atom. The van der Waals surface area contributed by atoms with Gasteiger partial charge in [-0.15, -0.1) is 0 Å². The molecule has 2 rings (SSSR count). The SMILES string of the molecule is CCCCc1noc(CN2CCC(CNC(=O)OC(C)(C)C)CC2)n1. The maximum absolute atomic E-state index is 11.7. The molecule has 1 amide bonds. The molecule has 0 aromatic carbocycles. The third-order valence-electron chi connectivity index (χ3n) is 4.26. The van der Waals surface area contributed by atoms with E-state index >= 15 is 0 Å². The molecule has 1 fully saturated rings. The van der Waals surface area contributed by atoms with Gasteiger partial charge in [0, 0.05) is 13.0 Å². The Morgan fingerprint density at radius 1 is 1.36 bits per heavy atom. The first-order valence-electron chi connectivity index (χ1n) is 9.36. The molecule has 142 valence electrons. The fourth-order valence-corrected chi connectivity index (χ4v) is 2.87. The van der Waals surface area contributed by atoms with Gasteiger partial charge in [0.15, 0.2) is 5.82 Å². The van der Waals surface area contributed by atoms with Crippen LogP contribution in [-0.2, 0) is 17.7 Å². The van der Waals surface area contributed by atoms with E-state index in [4.69, 9.17) is 9.26 Å². The lowest BCUT2D eigenvalue weighted by Crippen LogP contribution is -2.40. The second kappa shape index (κ2) is 9.17. The van der Waals surface area contributed by atoms with Gasteiger partial charge in [-0.2, -0.15) is 4.98 Å². The standard InChI is InChI=1S/C18H32N4O3/c1-5-6-7-15-20-16(25-21-15)13-22-10-8-14(9-11-22)12-19-17(23)24-18(2,3)4/h14H,5-13H2,1-4H3,(H,19,23). The smallest absolute Gasteiger partial charge is 0.407 e. The Labute approximate surface area is 150 Å². The molecule has 1 aliphatic rings. The summed E-state index contributed by atoms with van der Waals surface area (Å²) in [4.78, 5) is 18.5. The highest BCUT2D eigenvalue weighted by Crippen LogP contribution is 2.18. The van der Waals surface area contributed by atoms with E-state index in [2.05, 4.69) is 27.3 Å². The number of nitrogens with one attached hydrogen (secondary N) is 1. The molecule has 0 bridgehead atoms. The van der Waals surface area contributed by atoms with Gasteiger partial charge >= 0.3 is 6.09 Å². The van der Waals surface area contributed by atoms with Crippen LogP contribution in [0.5, 0.6) is 0 Å². The van der Waals surface area contributed by atoms with E-state index in [1.165, 1.54) is 0 Å². The molecular weight excluding hydrogens is 320 g/mol. The highest BCUT2D eigenvalue weighted by molar-refractivity contribution is 5.67. The van der Waals surface area contributed by atoms with Gasteiger partial charge in [0.1, 0.15) is 5.60 Å². The fourth-order valence-electron chi connectivity index (χ4n) is 2.87. The average molecular weight is 352 g/mol. The van der Waals surface area contributed by atoms with Crippen molar-refractivity contribution in [3.05, 3.63) is 11.7 Å². The third-order valence-corrected chi connectivity index (χ3v) is 4.26. The van der Waals surface area contributed by atoms with E-state index in [0.29, 0.717) is 24.9 Å². The van der Waals surface area contributed by atoms with E-state index in [9.17, 15) is 4.79 Å². The van der Waals surface area contributed by atoms with Gasteiger partial charge in [-0.3, -0.25) is 4.90 Å². The second-order valence-electron chi connectivity index (χ2n) is 7.81. The van der Waals surface area contributed by atoms with Crippen molar-refractivity contribution in [3.8, 4) is 0 Å². The quantitative estimate of drug-likeness (QED) is 0.812. The third kappa shape index (κ3) is 7.42. The fraction of sp³-hybridized carbons (Fsp3) is 0.833. The maximum atomic E-state index is 11.7. The van der Waals surface area contributed by atoms with Crippen LogP contribution in [0.3, 0.4) is 0 Å². The minimum Gasteiger partial charge on any atom is -0.444 e. The van der Waals surface area contributed by atoms with Crippen LogP contribution < -0.4 is 5.32 Å². The predicted octanol–water partition coefficient (Wildman–Crippen LogP) is 3.15. The number of nitrogens with zero attached hydrogens (tertiary/aromatic N) is 3. The Hall–Kier alpha value is -1.63. The van der Waals surface area contributed by atoms with Gasteiger partial charge in [0.2, 0.25) is 5.89 Å². The van der Waals surface area contributed by atoms with E-state index in [1.807, 2.05) is 20.8 Å². The molecule has 2 heterocycles. The predicted molar refractivity (Wildman–Crippen MR) is 95.1 cm³/mol. The number of unbranched alkanes of at least 4 members (excludes halogenated alkanes) is 1. The van der Waals surface area contributed by atoms with Crippen LogP contribution in [0.25, 0.3) is 0 Å². The number of amides is 1. The van der Waals surface area contributed by atoms with Crippen LogP contribution in [-0.4, -0.2) is 46.4 Å². The molecule has 7 nitrogen and oxygen atoms in total. The Morgan fingerprint density at radius 2 is 2.08 bits per heavy atom. The van der Waals surface area contributed by atoms with Gasteiger partial charge in [0.25, 0.3) is 0 Å². The van der Waals surface area contributed by atoms with Crippen molar-refractivity contribution in [2.75, 3.05) is 19.6 Å². The number of aryl methyl sites for hydroxylation is 1. The number of carbonyl (C=O) groups excluding carboxylic acids is 1. The summed E-state index contributed by atoms with van der Waals surface area (Å²) in [5.74, 6) is 2.01. The van der Waals surface area contributed by atoms with Gasteiger partial charge in [-0.1, -0.05) is 18.5 Å². The number of ether oxygens (including phenoxy) is 1. The molecule has 0 aliphatic carbocycles. The molecule has 1 aromatic rings. The number of alkyl carbamates (subject to hydrolysis) is 1. The second-order valence-corrected chi connectivity index (χ2v) is 7.81. The largest absolute Gasteiger partial charge is 0.444 e. The number of piperidine rings is 1. The highest BCUT2D eigenvalue weighted by Gasteiger charge is 2.22. The summed E-state index contributed by atoms with van der Waals surface area (Å²) < 4.78 is 10.6. The molecule has 25 heavy (non-hydrogen) atoms. The molecule has 0 unspecified atom stereocenters. The first kappa shape index (κ1) is 19.7. The normalized spacial score (nSPS) is 16.8. The van der Waals surface area contributed by atoms with Gasteiger partial charge < -0.3 is 14.6 Å². The van der Waals surface area contributed by atoms with E-state index in [0.717, 1.165) is 51.0 Å². The summed E-state index contributed by atoms with van der Waals surface area (Å²) in [5.41, 5.74) is -0.451. The van der Waals surface area contributed by atoms with Crippen molar-refractivity contribution >= 4 is 6.09 Å². The first-order chi connectivity index (χ1) is 11.9. The minimum absolute atomic E-state index is 0.333. The van der Waals surface area contributed by atoms with Crippen LogP contribution in [0.2, 0.25) is 0 Å². The maximum Gasteiger partial charge on any atom is 0.407 e. The van der Waals surface area contributed by atoms with Gasteiger partial charge in [-0.05, 0) is 59.0 Å². The zero-order valence-corrected chi connectivity index (χ0v) is 16.0. The van der Waals surface area contributed by atoms with Crippen molar-refractivity contribution in [2.24, 2.45) is 5.92 Å². The molecule has 1 aliphatic heterocycles. The molecule has 0 atom stereocenters. The van der Waals surface area contributed by atoms with Gasteiger partial charge in [-0.25, -0.2) is 4.79 Å². The summed E-state index contributed by atoms with van der Waals surface area (Å²) in [5, 5.41) is 6.91. The summed E-state index contributed by atoms with van der Waals surface area (Å²) in [7, 11) is 0. The van der Waals surface area contributed by atoms with E-state index in [-0.39, 0.29) is 6.09 Å². The molecule has 7 heteroatoms. The van der Waals surface area contributed by atoms with Crippen LogP contribution in [0.15, 0.2) is 4.52 Å². The summed E-state index contributed by atoms with van der Waals surface area (Å²) in [6.45, 7) is 11.1. The topological polar surface area (TPSA) is 80.5 Å². The minimum atomic E-state index is -0.451. The van der Waals surface area contributed by atoms with Crippen LogP contribution in [0, 0.1) is 5.92 Å². The number of likely N-dealkylation sites (tertiary alicyclic amines) is 1. The lowest BCUT2D eigenvalue weighted by Gasteiger charge is -2.31. The number of hydrogen-bond acceptors (Lipinski definition) is 6. The van der Waals surface area contributed by atoms with Crippen molar-refractivity contribution in [2.45, 2.75) is 71.9 Å². The Kier molecular flexibility index (Phi) is 7.23. The Bertz CT molecular complexity index is 531. The highest BCUT2D eigenvalue weighted by atomic mass is 16.6. The lowest BCUT2D eigenvalue weighted by atomic mass is 9.97. The molecule has 1 aromatic heterocycles. The molecule has 1 saturated heterocycles. The number of hydrogen-bond donors (Lipinski definition) is 1. The molecular formula is C18H32N4O3. The number of carbonyl (C=O) groups is 1. The van der Waals surface area contributed by atoms with Gasteiger partial charge in [0.05, 0.1) is 6.54 Å². The zero-order valence-electron chi connectivity index (χ0n) is 16.0. The number of rotatable bonds is 7. The number of aromatic nitrogens is 2. The summed E-state index contributed by atoms with van der Waals surface area (Å²) in [6, 6.07) is 0. The first-order valence-corrected chi connectivity index (χ1v) is 9.36. The molecule has 0 radical (unpaired) electrons. The van der Waals surface area contributed by atoms with Crippen molar-refractivity contribution in [1.82, 2.24) is 20.4 Å². The van der Waals surface area contributed by atoms with E-state index < -0.39 is 5.60 Å². The van der Waals surface area contributed by atoms with Crippen LogP contribution in [0.4, 0.5) is 4.79 Å². The summed E-state index contributed by atoms with van der Waals surface area (Å²) >= 11 is 0. The zero-order chi connectivity index (χ0) is 18.3. The van der Waals surface area contributed by atoms with Crippen LogP contribution >= 0.6 is 0 Å². The van der Waals surface area contributed by atoms with Crippen molar-refractivity contribution in [1.29, 1.82) is 0 Å². The monoisotopic (exact) mass is 352 g/mol. The van der Waals surface area contributed by atoms with E-state index in [1.54, 1.807) is 0 Å². The molecule has 1 N–H and O–H groups in total. The van der Waals surface area contributed by atoms with Crippen molar-refractivity contribution < 1.29 is 14.1 Å². The Balaban J connectivity index is 1.66. The molecule has 0 spiro atoms. The lowest BCUT2D eigenvalue weighted by molar-refractivity contribution is 0.0508. The average Bonchev–Trinajstić information content (AvgIpc) is 2.98. The van der Waals surface area contributed by atoms with Crippen molar-refractivity contribution in [3.63, 3.8) is 0 Å². The molecule has 0 saturated carbocycles.